The maximum absolute atomic E-state index is 12.1. The van der Waals surface area contributed by atoms with Crippen LogP contribution in [-0.2, 0) is 15.8 Å². The third-order valence-corrected chi connectivity index (χ3v) is 4.24. The molecule has 7 heteroatoms. The molecular formula is C14H11ClN2O3S. The monoisotopic (exact) mass is 322 g/mol. The molecule has 0 saturated carbocycles. The van der Waals surface area contributed by atoms with Gasteiger partial charge in [0.25, 0.3) is 0 Å². The highest BCUT2D eigenvalue weighted by atomic mass is 35.5. The van der Waals surface area contributed by atoms with Crippen LogP contribution in [-0.4, -0.2) is 13.5 Å². The van der Waals surface area contributed by atoms with Gasteiger partial charge in [0.1, 0.15) is 5.75 Å². The number of hydrogen-bond acceptors (Lipinski definition) is 4. The standard InChI is InChI=1S/C14H11ClN2O3S/c15-13-7-12(5-6-14(13)18)17-21(19,20)9-11-4-2-1-3-10(11)8-16/h1-7,17-18H,9H2. The zero-order chi connectivity index (χ0) is 15.5. The highest BCUT2D eigenvalue weighted by molar-refractivity contribution is 7.91. The van der Waals surface area contributed by atoms with Crippen molar-refractivity contribution in [2.75, 3.05) is 4.72 Å². The number of nitriles is 1. The summed E-state index contributed by atoms with van der Waals surface area (Å²) < 4.78 is 26.6. The van der Waals surface area contributed by atoms with Gasteiger partial charge in [-0.05, 0) is 29.8 Å². The molecule has 0 aromatic heterocycles. The summed E-state index contributed by atoms with van der Waals surface area (Å²) >= 11 is 5.72. The lowest BCUT2D eigenvalue weighted by Crippen LogP contribution is -2.15. The predicted octanol–water partition coefficient (Wildman–Crippen LogP) is 2.86. The van der Waals surface area contributed by atoms with Crippen LogP contribution >= 0.6 is 11.6 Å². The number of rotatable bonds is 4. The number of nitrogens with zero attached hydrogens (tertiary/aromatic N) is 1. The van der Waals surface area contributed by atoms with Crippen molar-refractivity contribution in [1.29, 1.82) is 5.26 Å². The van der Waals surface area contributed by atoms with Crippen LogP contribution in [0.3, 0.4) is 0 Å². The Kier molecular flexibility index (Phi) is 4.36. The minimum atomic E-state index is -3.69. The third kappa shape index (κ3) is 3.88. The Morgan fingerprint density at radius 1 is 1.24 bits per heavy atom. The SMILES string of the molecule is N#Cc1ccccc1CS(=O)(=O)Nc1ccc(O)c(Cl)c1. The molecule has 21 heavy (non-hydrogen) atoms. The average Bonchev–Trinajstić information content (AvgIpc) is 2.43. The summed E-state index contributed by atoms with van der Waals surface area (Å²) in [5.41, 5.74) is 0.969. The molecule has 0 saturated heterocycles. The number of hydrogen-bond donors (Lipinski definition) is 2. The number of sulfonamides is 1. The second-order valence-electron chi connectivity index (χ2n) is 4.30. The first-order chi connectivity index (χ1) is 9.91. The molecule has 108 valence electrons. The molecular weight excluding hydrogens is 312 g/mol. The number of nitrogens with one attached hydrogen (secondary N) is 1. The smallest absolute Gasteiger partial charge is 0.236 e. The van der Waals surface area contributed by atoms with E-state index < -0.39 is 10.0 Å². The number of aromatic hydroxyl groups is 1. The van der Waals surface area contributed by atoms with Crippen molar-refractivity contribution in [3.63, 3.8) is 0 Å². The zero-order valence-corrected chi connectivity index (χ0v) is 12.3. The van der Waals surface area contributed by atoms with Crippen LogP contribution in [0.4, 0.5) is 5.69 Å². The fourth-order valence-electron chi connectivity index (χ4n) is 1.75. The predicted molar refractivity (Wildman–Crippen MR) is 80.5 cm³/mol. The first kappa shape index (κ1) is 15.2. The highest BCUT2D eigenvalue weighted by Crippen LogP contribution is 2.27. The Balaban J connectivity index is 2.23. The van der Waals surface area contributed by atoms with Crippen molar-refractivity contribution in [3.05, 3.63) is 58.6 Å². The molecule has 0 aliphatic heterocycles. The van der Waals surface area contributed by atoms with E-state index in [2.05, 4.69) is 4.72 Å². The number of anilines is 1. The Morgan fingerprint density at radius 3 is 2.62 bits per heavy atom. The summed E-state index contributed by atoms with van der Waals surface area (Å²) in [6.45, 7) is 0. The van der Waals surface area contributed by atoms with Crippen LogP contribution in [0.1, 0.15) is 11.1 Å². The minimum absolute atomic E-state index is 0.0487. The van der Waals surface area contributed by atoms with E-state index in [1.165, 1.54) is 18.2 Å². The van der Waals surface area contributed by atoms with Gasteiger partial charge in [0.2, 0.25) is 10.0 Å². The number of phenolic OH excluding ortho intramolecular Hbond substituents is 1. The molecule has 2 aromatic rings. The molecule has 0 heterocycles. The third-order valence-electron chi connectivity index (χ3n) is 2.70. The lowest BCUT2D eigenvalue weighted by molar-refractivity contribution is 0.475. The van der Waals surface area contributed by atoms with Gasteiger partial charge in [0.05, 0.1) is 28.1 Å². The summed E-state index contributed by atoms with van der Waals surface area (Å²) in [7, 11) is -3.69. The quantitative estimate of drug-likeness (QED) is 0.847. The summed E-state index contributed by atoms with van der Waals surface area (Å²) in [5, 5.41) is 18.3. The minimum Gasteiger partial charge on any atom is -0.506 e. The molecule has 0 bridgehead atoms. The molecule has 0 fully saturated rings. The molecule has 0 atom stereocenters. The molecule has 2 N–H and O–H groups in total. The molecule has 0 aliphatic rings. The normalized spacial score (nSPS) is 10.9. The van der Waals surface area contributed by atoms with Gasteiger partial charge >= 0.3 is 0 Å². The van der Waals surface area contributed by atoms with Gasteiger partial charge in [-0.15, -0.1) is 0 Å². The summed E-state index contributed by atoms with van der Waals surface area (Å²) in [6.07, 6.45) is 0. The van der Waals surface area contributed by atoms with E-state index in [4.69, 9.17) is 16.9 Å². The molecule has 0 spiro atoms. The molecule has 5 nitrogen and oxygen atoms in total. The van der Waals surface area contributed by atoms with Gasteiger partial charge in [-0.1, -0.05) is 29.8 Å². The lowest BCUT2D eigenvalue weighted by atomic mass is 10.1. The maximum Gasteiger partial charge on any atom is 0.236 e. The van der Waals surface area contributed by atoms with Gasteiger partial charge in [-0.2, -0.15) is 5.26 Å². The van der Waals surface area contributed by atoms with Crippen LogP contribution < -0.4 is 4.72 Å². The largest absolute Gasteiger partial charge is 0.506 e. The van der Waals surface area contributed by atoms with Crippen LogP contribution in [0.25, 0.3) is 0 Å². The van der Waals surface area contributed by atoms with Crippen molar-refractivity contribution in [2.24, 2.45) is 0 Å². The van der Waals surface area contributed by atoms with E-state index in [1.807, 2.05) is 6.07 Å². The Labute approximate surface area is 127 Å². The van der Waals surface area contributed by atoms with Crippen molar-refractivity contribution in [3.8, 4) is 11.8 Å². The van der Waals surface area contributed by atoms with E-state index in [9.17, 15) is 13.5 Å². The summed E-state index contributed by atoms with van der Waals surface area (Å²) in [4.78, 5) is 0. The van der Waals surface area contributed by atoms with Crippen molar-refractivity contribution >= 4 is 27.3 Å². The van der Waals surface area contributed by atoms with Gasteiger partial charge in [0.15, 0.2) is 0 Å². The number of phenols is 1. The lowest BCUT2D eigenvalue weighted by Gasteiger charge is -2.09. The molecule has 0 radical (unpaired) electrons. The van der Waals surface area contributed by atoms with E-state index in [1.54, 1.807) is 24.3 Å². The second-order valence-corrected chi connectivity index (χ2v) is 6.43. The van der Waals surface area contributed by atoms with Crippen molar-refractivity contribution in [2.45, 2.75) is 5.75 Å². The van der Waals surface area contributed by atoms with Crippen LogP contribution in [0.2, 0.25) is 5.02 Å². The topological polar surface area (TPSA) is 90.2 Å². The van der Waals surface area contributed by atoms with Gasteiger partial charge in [-0.25, -0.2) is 8.42 Å². The fourth-order valence-corrected chi connectivity index (χ4v) is 3.15. The Bertz CT molecular complexity index is 813. The molecule has 0 unspecified atom stereocenters. The van der Waals surface area contributed by atoms with E-state index in [-0.39, 0.29) is 22.2 Å². The maximum atomic E-state index is 12.1. The van der Waals surface area contributed by atoms with E-state index >= 15 is 0 Å². The number of halogens is 1. The van der Waals surface area contributed by atoms with Crippen LogP contribution in [0, 0.1) is 11.3 Å². The van der Waals surface area contributed by atoms with Crippen molar-refractivity contribution < 1.29 is 13.5 Å². The van der Waals surface area contributed by atoms with Crippen LogP contribution in [0.5, 0.6) is 5.75 Å². The summed E-state index contributed by atoms with van der Waals surface area (Å²) in [6, 6.07) is 12.4. The first-order valence-corrected chi connectivity index (χ1v) is 7.91. The average molecular weight is 323 g/mol. The zero-order valence-electron chi connectivity index (χ0n) is 10.7. The van der Waals surface area contributed by atoms with E-state index in [0.717, 1.165) is 0 Å². The Hall–Kier alpha value is -2.23. The fraction of sp³-hybridized carbons (Fsp3) is 0.0714. The second kappa shape index (κ2) is 6.04. The summed E-state index contributed by atoms with van der Waals surface area (Å²) in [5.74, 6) is -0.454. The molecule has 0 amide bonds. The van der Waals surface area contributed by atoms with Gasteiger partial charge in [-0.3, -0.25) is 4.72 Å². The Morgan fingerprint density at radius 2 is 1.95 bits per heavy atom. The van der Waals surface area contributed by atoms with Gasteiger partial charge < -0.3 is 5.11 Å². The van der Waals surface area contributed by atoms with Crippen LogP contribution in [0.15, 0.2) is 42.5 Å². The van der Waals surface area contributed by atoms with Crippen molar-refractivity contribution in [1.82, 2.24) is 0 Å². The molecule has 2 rings (SSSR count). The molecule has 2 aromatic carbocycles. The molecule has 0 aliphatic carbocycles. The first-order valence-electron chi connectivity index (χ1n) is 5.88. The number of benzene rings is 2. The van der Waals surface area contributed by atoms with Gasteiger partial charge in [0, 0.05) is 0 Å². The highest BCUT2D eigenvalue weighted by Gasteiger charge is 2.15. The van der Waals surface area contributed by atoms with E-state index in [0.29, 0.717) is 11.1 Å².